The number of imidazole rings is 1. The Morgan fingerprint density at radius 3 is 1.92 bits per heavy atom. The number of carbonyl (C=O) groups is 3. The van der Waals surface area contributed by atoms with E-state index >= 15 is 0 Å². The van der Waals surface area contributed by atoms with Crippen molar-refractivity contribution in [1.29, 1.82) is 0 Å². The maximum Gasteiger partial charge on any atom is 0.490 e. The highest BCUT2D eigenvalue weighted by molar-refractivity contribution is 6.00. The minimum absolute atomic E-state index is 0.0330. The van der Waals surface area contributed by atoms with Gasteiger partial charge in [0.25, 0.3) is 5.91 Å². The lowest BCUT2D eigenvalue weighted by Gasteiger charge is -2.32. The molecule has 5 aromatic rings. The van der Waals surface area contributed by atoms with Crippen molar-refractivity contribution in [2.45, 2.75) is 32.1 Å². The topological polar surface area (TPSA) is 150 Å². The number of aliphatic carboxylic acids is 2. The van der Waals surface area contributed by atoms with Gasteiger partial charge in [-0.15, -0.1) is 0 Å². The van der Waals surface area contributed by atoms with E-state index in [0.29, 0.717) is 36.0 Å². The average molecular weight is 738 g/mol. The number of hydrogen-bond donors (Lipinski definition) is 3. The zero-order valence-corrected chi connectivity index (χ0v) is 27.1. The van der Waals surface area contributed by atoms with Crippen molar-refractivity contribution in [3.63, 3.8) is 0 Å². The SMILES string of the molecule is Cc1onc(-c2ccccc2)c1C(=O)N1CCC(CNc2c(-c3ccc(F)cc3)nc3ccccn23)CC1.O=C(O)C(F)(F)F.O=C(O)C(F)(F)F. The Morgan fingerprint density at radius 1 is 0.827 bits per heavy atom. The second kappa shape index (κ2) is 16.4. The number of carboxylic acids is 2. The fraction of sp³-hybridized carbons (Fsp3) is 0.265. The summed E-state index contributed by atoms with van der Waals surface area (Å²) < 4.78 is 84.4. The predicted octanol–water partition coefficient (Wildman–Crippen LogP) is 7.33. The van der Waals surface area contributed by atoms with E-state index in [1.807, 2.05) is 64.0 Å². The van der Waals surface area contributed by atoms with Crippen molar-refractivity contribution in [3.8, 4) is 22.5 Å². The molecule has 11 nitrogen and oxygen atoms in total. The molecule has 1 saturated heterocycles. The molecule has 3 N–H and O–H groups in total. The molecule has 0 unspecified atom stereocenters. The van der Waals surface area contributed by atoms with Crippen LogP contribution >= 0.6 is 0 Å². The molecule has 0 bridgehead atoms. The van der Waals surface area contributed by atoms with Crippen LogP contribution in [-0.2, 0) is 9.59 Å². The summed E-state index contributed by atoms with van der Waals surface area (Å²) in [5.41, 5.74) is 4.49. The number of anilines is 1. The van der Waals surface area contributed by atoms with Crippen molar-refractivity contribution in [1.82, 2.24) is 19.4 Å². The molecular formula is C34H30F7N5O6. The zero-order chi connectivity index (χ0) is 38.2. The van der Waals surface area contributed by atoms with Gasteiger partial charge in [-0.05, 0) is 62.1 Å². The normalized spacial score (nSPS) is 13.4. The molecule has 18 heteroatoms. The summed E-state index contributed by atoms with van der Waals surface area (Å²) in [4.78, 5) is 38.0. The minimum atomic E-state index is -5.08. The Balaban J connectivity index is 0.000000367. The Kier molecular flexibility index (Phi) is 12.2. The van der Waals surface area contributed by atoms with Crippen LogP contribution < -0.4 is 5.32 Å². The lowest BCUT2D eigenvalue weighted by Crippen LogP contribution is -2.40. The van der Waals surface area contributed by atoms with Crippen LogP contribution in [0.2, 0.25) is 0 Å². The lowest BCUT2D eigenvalue weighted by atomic mass is 9.95. The number of piperidine rings is 1. The number of likely N-dealkylation sites (tertiary alicyclic amines) is 1. The van der Waals surface area contributed by atoms with Gasteiger partial charge < -0.3 is 25.0 Å². The molecule has 3 aromatic heterocycles. The molecular weight excluding hydrogens is 707 g/mol. The van der Waals surface area contributed by atoms with E-state index in [4.69, 9.17) is 29.3 Å². The van der Waals surface area contributed by atoms with Crippen LogP contribution in [0.5, 0.6) is 0 Å². The van der Waals surface area contributed by atoms with Crippen molar-refractivity contribution in [3.05, 3.63) is 96.1 Å². The van der Waals surface area contributed by atoms with Crippen LogP contribution in [-0.4, -0.2) is 79.5 Å². The van der Waals surface area contributed by atoms with Gasteiger partial charge in [0.15, 0.2) is 0 Å². The minimum Gasteiger partial charge on any atom is -0.475 e. The van der Waals surface area contributed by atoms with Crippen LogP contribution in [0.3, 0.4) is 0 Å². The number of aromatic nitrogens is 3. The summed E-state index contributed by atoms with van der Waals surface area (Å²) in [6.07, 6.45) is -6.43. The summed E-state index contributed by atoms with van der Waals surface area (Å²) in [7, 11) is 0. The highest BCUT2D eigenvalue weighted by Crippen LogP contribution is 2.31. The number of nitrogens with zero attached hydrogens (tertiary/aromatic N) is 4. The van der Waals surface area contributed by atoms with Gasteiger partial charge in [-0.25, -0.2) is 19.0 Å². The number of carbonyl (C=O) groups excluding carboxylic acids is 1. The van der Waals surface area contributed by atoms with Gasteiger partial charge in [0, 0.05) is 37.0 Å². The fourth-order valence-electron chi connectivity index (χ4n) is 5.13. The van der Waals surface area contributed by atoms with Crippen LogP contribution in [0.1, 0.15) is 29.0 Å². The van der Waals surface area contributed by atoms with Gasteiger partial charge >= 0.3 is 24.3 Å². The summed E-state index contributed by atoms with van der Waals surface area (Å²) >= 11 is 0. The van der Waals surface area contributed by atoms with E-state index < -0.39 is 24.3 Å². The number of alkyl halides is 6. The molecule has 276 valence electrons. The van der Waals surface area contributed by atoms with E-state index in [1.165, 1.54) is 12.1 Å². The summed E-state index contributed by atoms with van der Waals surface area (Å²) in [6, 6.07) is 22.0. The number of rotatable bonds is 6. The maximum atomic E-state index is 13.5. The van der Waals surface area contributed by atoms with Gasteiger partial charge in [0.05, 0.1) is 0 Å². The second-order valence-corrected chi connectivity index (χ2v) is 11.3. The first-order valence-electron chi connectivity index (χ1n) is 15.4. The Labute approximate surface area is 290 Å². The number of halogens is 7. The predicted molar refractivity (Wildman–Crippen MR) is 172 cm³/mol. The van der Waals surface area contributed by atoms with Crippen LogP contribution in [0, 0.1) is 18.7 Å². The highest BCUT2D eigenvalue weighted by atomic mass is 19.4. The number of carboxylic acid groups (broad SMARTS) is 2. The van der Waals surface area contributed by atoms with Gasteiger partial charge in [-0.1, -0.05) is 41.6 Å². The lowest BCUT2D eigenvalue weighted by molar-refractivity contribution is -0.193. The highest BCUT2D eigenvalue weighted by Gasteiger charge is 2.39. The first kappa shape index (κ1) is 38.9. The molecule has 0 radical (unpaired) electrons. The maximum absolute atomic E-state index is 13.5. The Morgan fingerprint density at radius 2 is 1.37 bits per heavy atom. The van der Waals surface area contributed by atoms with Gasteiger partial charge in [-0.2, -0.15) is 26.3 Å². The summed E-state index contributed by atoms with van der Waals surface area (Å²) in [5, 5.41) is 22.0. The monoisotopic (exact) mass is 737 g/mol. The number of benzene rings is 2. The molecule has 1 aliphatic heterocycles. The molecule has 2 aromatic carbocycles. The molecule has 6 rings (SSSR count). The van der Waals surface area contributed by atoms with Gasteiger partial charge in [0.1, 0.15) is 40.0 Å². The third-order valence-corrected chi connectivity index (χ3v) is 7.72. The number of nitrogens with one attached hydrogen (secondary N) is 1. The van der Waals surface area contributed by atoms with E-state index in [-0.39, 0.29) is 11.7 Å². The van der Waals surface area contributed by atoms with Gasteiger partial charge in [-0.3, -0.25) is 9.20 Å². The number of pyridine rings is 1. The molecule has 52 heavy (non-hydrogen) atoms. The molecule has 1 aliphatic rings. The van der Waals surface area contributed by atoms with Crippen molar-refractivity contribution in [2.24, 2.45) is 5.92 Å². The quantitative estimate of drug-likeness (QED) is 0.152. The Bertz CT molecular complexity index is 1960. The average Bonchev–Trinajstić information content (AvgIpc) is 3.68. The van der Waals surface area contributed by atoms with Crippen LogP contribution in [0.25, 0.3) is 28.2 Å². The number of fused-ring (bicyclic) bond motifs is 1. The fourth-order valence-corrected chi connectivity index (χ4v) is 5.13. The first-order valence-corrected chi connectivity index (χ1v) is 15.4. The molecule has 0 aliphatic carbocycles. The molecule has 0 spiro atoms. The number of amides is 1. The molecule has 0 atom stereocenters. The third kappa shape index (κ3) is 9.85. The molecule has 4 heterocycles. The summed E-state index contributed by atoms with van der Waals surface area (Å²) in [6.45, 7) is 3.88. The van der Waals surface area contributed by atoms with Crippen molar-refractivity contribution >= 4 is 29.3 Å². The van der Waals surface area contributed by atoms with Crippen molar-refractivity contribution in [2.75, 3.05) is 25.0 Å². The van der Waals surface area contributed by atoms with Crippen LogP contribution in [0.4, 0.5) is 36.6 Å². The van der Waals surface area contributed by atoms with E-state index in [9.17, 15) is 35.5 Å². The zero-order valence-electron chi connectivity index (χ0n) is 27.1. The van der Waals surface area contributed by atoms with Crippen LogP contribution in [0.15, 0.2) is 83.5 Å². The molecule has 0 saturated carbocycles. The molecule has 1 amide bonds. The number of hydrogen-bond acceptors (Lipinski definition) is 7. The third-order valence-electron chi connectivity index (χ3n) is 7.72. The van der Waals surface area contributed by atoms with E-state index in [2.05, 4.69) is 10.5 Å². The first-order chi connectivity index (χ1) is 24.5. The Hall–Kier alpha value is -5.94. The number of aryl methyl sites for hydroxylation is 1. The van der Waals surface area contributed by atoms with E-state index in [0.717, 1.165) is 47.7 Å². The van der Waals surface area contributed by atoms with Gasteiger partial charge in [0.2, 0.25) is 0 Å². The standard InChI is InChI=1S/C30H28FN5O2.2C2HF3O2/c1-20-26(27(34-38-20)22-7-3-2-4-8-22)30(37)35-17-14-21(15-18-35)19-32-29-28(23-10-12-24(31)13-11-23)33-25-9-5-6-16-36(25)29;2*3-2(4,5)1(6)7/h2-13,16,21,32H,14-15,17-19H2,1H3;2*(H,6,7). The molecule has 1 fully saturated rings. The smallest absolute Gasteiger partial charge is 0.475 e. The largest absolute Gasteiger partial charge is 0.490 e. The second-order valence-electron chi connectivity index (χ2n) is 11.3. The summed E-state index contributed by atoms with van der Waals surface area (Å²) in [5.74, 6) is -4.00. The van der Waals surface area contributed by atoms with Crippen molar-refractivity contribution < 1.29 is 59.9 Å². The van der Waals surface area contributed by atoms with E-state index in [1.54, 1.807) is 19.1 Å².